The molecule has 0 N–H and O–H groups in total. The average molecular weight is 337 g/mol. The van der Waals surface area contributed by atoms with Gasteiger partial charge in [0.2, 0.25) is 0 Å². The molecule has 2 rings (SSSR count). The fraction of sp³-hybridized carbons (Fsp3) is 0.667. The molecule has 1 aromatic heterocycles. The first-order valence-electron chi connectivity index (χ1n) is 5.01. The SMILES string of the molecule is Cn1ncc([N+](=O)[O-])c1[C@H]1CC[C@@H](CI)O1. The molecule has 0 radical (unpaired) electrons. The van der Waals surface area contributed by atoms with Crippen molar-refractivity contribution in [2.45, 2.75) is 25.0 Å². The molecule has 1 saturated heterocycles. The van der Waals surface area contributed by atoms with Crippen molar-refractivity contribution < 1.29 is 9.66 Å². The van der Waals surface area contributed by atoms with Gasteiger partial charge in [-0.05, 0) is 12.8 Å². The van der Waals surface area contributed by atoms with Crippen molar-refractivity contribution in [3.63, 3.8) is 0 Å². The standard InChI is InChI=1S/C9H12IN3O3/c1-12-9(7(5-11-12)13(14)15)8-3-2-6(4-10)16-8/h5-6,8H,2-4H2,1H3/t6-,8+/m0/s1. The Morgan fingerprint density at radius 3 is 3.06 bits per heavy atom. The fourth-order valence-electron chi connectivity index (χ4n) is 1.97. The highest BCUT2D eigenvalue weighted by molar-refractivity contribution is 14.1. The van der Waals surface area contributed by atoms with E-state index < -0.39 is 4.92 Å². The number of hydrogen-bond acceptors (Lipinski definition) is 4. The second kappa shape index (κ2) is 4.66. The van der Waals surface area contributed by atoms with Crippen LogP contribution >= 0.6 is 22.6 Å². The van der Waals surface area contributed by atoms with Crippen LogP contribution in [0.4, 0.5) is 5.69 Å². The first-order valence-corrected chi connectivity index (χ1v) is 6.53. The maximum absolute atomic E-state index is 10.8. The van der Waals surface area contributed by atoms with Crippen LogP contribution in [0.2, 0.25) is 0 Å². The van der Waals surface area contributed by atoms with E-state index in [1.54, 1.807) is 11.7 Å². The summed E-state index contributed by atoms with van der Waals surface area (Å²) in [6.07, 6.45) is 3.09. The molecule has 2 atom stereocenters. The predicted molar refractivity (Wildman–Crippen MR) is 65.6 cm³/mol. The van der Waals surface area contributed by atoms with Crippen molar-refractivity contribution in [2.75, 3.05) is 4.43 Å². The molecule has 16 heavy (non-hydrogen) atoms. The van der Waals surface area contributed by atoms with Gasteiger partial charge in [0.1, 0.15) is 18.0 Å². The zero-order chi connectivity index (χ0) is 11.7. The molecule has 1 aromatic rings. The van der Waals surface area contributed by atoms with Crippen molar-refractivity contribution in [2.24, 2.45) is 7.05 Å². The summed E-state index contributed by atoms with van der Waals surface area (Å²) in [7, 11) is 1.71. The van der Waals surface area contributed by atoms with Crippen LogP contribution in [0.25, 0.3) is 0 Å². The number of alkyl halides is 1. The maximum Gasteiger partial charge on any atom is 0.312 e. The predicted octanol–water partition coefficient (Wildman–Crippen LogP) is 1.98. The number of aromatic nitrogens is 2. The summed E-state index contributed by atoms with van der Waals surface area (Å²) in [4.78, 5) is 10.4. The van der Waals surface area contributed by atoms with Crippen LogP contribution in [0.3, 0.4) is 0 Å². The van der Waals surface area contributed by atoms with Crippen LogP contribution in [0, 0.1) is 10.1 Å². The van der Waals surface area contributed by atoms with Crippen molar-refractivity contribution in [3.05, 3.63) is 22.0 Å². The van der Waals surface area contributed by atoms with Gasteiger partial charge in [0.25, 0.3) is 0 Å². The average Bonchev–Trinajstić information content (AvgIpc) is 2.83. The van der Waals surface area contributed by atoms with Gasteiger partial charge in [0.05, 0.1) is 11.0 Å². The molecule has 0 aromatic carbocycles. The van der Waals surface area contributed by atoms with Crippen LogP contribution in [-0.4, -0.2) is 25.2 Å². The Kier molecular flexibility index (Phi) is 3.43. The smallest absolute Gasteiger partial charge is 0.312 e. The lowest BCUT2D eigenvalue weighted by Crippen LogP contribution is -2.11. The highest BCUT2D eigenvalue weighted by Gasteiger charge is 2.33. The summed E-state index contributed by atoms with van der Waals surface area (Å²) in [5, 5.41) is 14.8. The molecule has 0 aliphatic carbocycles. The van der Waals surface area contributed by atoms with E-state index in [0.29, 0.717) is 5.69 Å². The van der Waals surface area contributed by atoms with Crippen LogP contribution < -0.4 is 0 Å². The van der Waals surface area contributed by atoms with Crippen molar-refractivity contribution in [1.29, 1.82) is 0 Å². The van der Waals surface area contributed by atoms with E-state index in [9.17, 15) is 10.1 Å². The van der Waals surface area contributed by atoms with Gasteiger partial charge in [0.15, 0.2) is 0 Å². The molecule has 0 amide bonds. The second-order valence-electron chi connectivity index (χ2n) is 3.77. The molecule has 88 valence electrons. The Balaban J connectivity index is 2.26. The number of hydrogen-bond donors (Lipinski definition) is 0. The summed E-state index contributed by atoms with van der Waals surface area (Å²) >= 11 is 2.27. The maximum atomic E-state index is 10.8. The Bertz CT molecular complexity index is 407. The lowest BCUT2D eigenvalue weighted by molar-refractivity contribution is -0.386. The summed E-state index contributed by atoms with van der Waals surface area (Å²) in [5.74, 6) is 0. The lowest BCUT2D eigenvalue weighted by Gasteiger charge is -2.11. The molecular formula is C9H12IN3O3. The number of ether oxygens (including phenoxy) is 1. The van der Waals surface area contributed by atoms with E-state index in [1.165, 1.54) is 6.20 Å². The Labute approximate surface area is 106 Å². The van der Waals surface area contributed by atoms with Crippen molar-refractivity contribution in [3.8, 4) is 0 Å². The molecule has 0 unspecified atom stereocenters. The molecular weight excluding hydrogens is 325 g/mol. The minimum Gasteiger partial charge on any atom is -0.368 e. The summed E-state index contributed by atoms with van der Waals surface area (Å²) < 4.78 is 8.21. The normalized spacial score (nSPS) is 24.9. The number of nitro groups is 1. The van der Waals surface area contributed by atoms with Gasteiger partial charge in [-0.1, -0.05) is 22.6 Å². The Morgan fingerprint density at radius 1 is 1.75 bits per heavy atom. The van der Waals surface area contributed by atoms with E-state index in [-0.39, 0.29) is 17.9 Å². The van der Waals surface area contributed by atoms with Crippen LogP contribution in [0.1, 0.15) is 24.6 Å². The third-order valence-electron chi connectivity index (χ3n) is 2.75. The molecule has 0 bridgehead atoms. The molecule has 1 aliphatic heterocycles. The number of aryl methyl sites for hydroxylation is 1. The van der Waals surface area contributed by atoms with Gasteiger partial charge in [-0.25, -0.2) is 0 Å². The van der Waals surface area contributed by atoms with Gasteiger partial charge in [-0.15, -0.1) is 0 Å². The first kappa shape index (κ1) is 11.8. The molecule has 1 aliphatic rings. The molecule has 7 heteroatoms. The zero-order valence-corrected chi connectivity index (χ0v) is 11.0. The van der Waals surface area contributed by atoms with Crippen LogP contribution in [0.5, 0.6) is 0 Å². The number of nitrogens with zero attached hydrogens (tertiary/aromatic N) is 3. The first-order chi connectivity index (χ1) is 7.63. The number of halogens is 1. The monoisotopic (exact) mass is 337 g/mol. The van der Waals surface area contributed by atoms with E-state index >= 15 is 0 Å². The Morgan fingerprint density at radius 2 is 2.50 bits per heavy atom. The molecule has 6 nitrogen and oxygen atoms in total. The van der Waals surface area contributed by atoms with Gasteiger partial charge < -0.3 is 4.74 Å². The topological polar surface area (TPSA) is 70.2 Å². The Hall–Kier alpha value is -0.700. The van der Waals surface area contributed by atoms with Gasteiger partial charge in [0, 0.05) is 11.5 Å². The molecule has 2 heterocycles. The highest BCUT2D eigenvalue weighted by atomic mass is 127. The second-order valence-corrected chi connectivity index (χ2v) is 4.65. The summed E-state index contributed by atoms with van der Waals surface area (Å²) in [5.41, 5.74) is 0.638. The number of rotatable bonds is 3. The minimum atomic E-state index is -0.400. The fourth-order valence-corrected chi connectivity index (χ4v) is 2.62. The lowest BCUT2D eigenvalue weighted by atomic mass is 10.1. The third-order valence-corrected chi connectivity index (χ3v) is 3.73. The van der Waals surface area contributed by atoms with Gasteiger partial charge >= 0.3 is 5.69 Å². The van der Waals surface area contributed by atoms with Gasteiger partial charge in [-0.3, -0.25) is 14.8 Å². The molecule has 0 saturated carbocycles. The molecule has 1 fully saturated rings. The van der Waals surface area contributed by atoms with Crippen molar-refractivity contribution >= 4 is 28.3 Å². The quantitative estimate of drug-likeness (QED) is 0.366. The molecule has 0 spiro atoms. The van der Waals surface area contributed by atoms with Crippen LogP contribution in [-0.2, 0) is 11.8 Å². The largest absolute Gasteiger partial charge is 0.368 e. The van der Waals surface area contributed by atoms with Crippen LogP contribution in [0.15, 0.2) is 6.20 Å². The summed E-state index contributed by atoms with van der Waals surface area (Å²) in [6.45, 7) is 0. The van der Waals surface area contributed by atoms with Gasteiger partial charge in [-0.2, -0.15) is 5.10 Å². The summed E-state index contributed by atoms with van der Waals surface area (Å²) in [6, 6.07) is 0. The van der Waals surface area contributed by atoms with E-state index in [4.69, 9.17) is 4.74 Å². The third kappa shape index (κ3) is 2.05. The van der Waals surface area contributed by atoms with Crippen molar-refractivity contribution in [1.82, 2.24) is 9.78 Å². The van der Waals surface area contributed by atoms with E-state index in [0.717, 1.165) is 17.3 Å². The highest BCUT2D eigenvalue weighted by Crippen LogP contribution is 2.37. The minimum absolute atomic E-state index is 0.0570. The van der Waals surface area contributed by atoms with E-state index in [1.807, 2.05) is 0 Å². The van der Waals surface area contributed by atoms with E-state index in [2.05, 4.69) is 27.7 Å². The zero-order valence-electron chi connectivity index (χ0n) is 8.80.